The highest BCUT2D eigenvalue weighted by atomic mass is 19.1. The summed E-state index contributed by atoms with van der Waals surface area (Å²) in [6.07, 6.45) is -1.30. The summed E-state index contributed by atoms with van der Waals surface area (Å²) >= 11 is 0. The second kappa shape index (κ2) is 8.17. The van der Waals surface area contributed by atoms with Crippen molar-refractivity contribution in [2.24, 2.45) is 5.92 Å². The number of para-hydroxylation sites is 3. The van der Waals surface area contributed by atoms with E-state index >= 15 is 0 Å². The standard InChI is InChI=1S/C22H20FN3O5/c1-13(21(29)26-12-19(27)24-16-7-3-5-9-18(16)26)31-22(30)14-10-20(28)25(11-14)17-8-4-2-6-15(17)23/h2-9,13-14H,10-12H2,1H3,(H,24,27)/t13-,14+/m1/s1. The second-order valence-corrected chi connectivity index (χ2v) is 7.43. The van der Waals surface area contributed by atoms with Gasteiger partial charge in [0.15, 0.2) is 6.10 Å². The first kappa shape index (κ1) is 20.5. The van der Waals surface area contributed by atoms with Crippen LogP contribution in [0.25, 0.3) is 0 Å². The smallest absolute Gasteiger partial charge is 0.312 e. The number of anilines is 3. The first-order valence-electron chi connectivity index (χ1n) is 9.81. The van der Waals surface area contributed by atoms with E-state index in [0.29, 0.717) is 11.4 Å². The Morgan fingerprint density at radius 3 is 2.52 bits per heavy atom. The summed E-state index contributed by atoms with van der Waals surface area (Å²) in [6, 6.07) is 12.6. The summed E-state index contributed by atoms with van der Waals surface area (Å²) in [6.45, 7) is 1.19. The van der Waals surface area contributed by atoms with Crippen molar-refractivity contribution in [3.05, 3.63) is 54.3 Å². The van der Waals surface area contributed by atoms with Gasteiger partial charge < -0.3 is 15.0 Å². The SMILES string of the molecule is C[C@@H](OC(=O)[C@H]1CC(=O)N(c2ccccc2F)C1)C(=O)N1CC(=O)Nc2ccccc21. The van der Waals surface area contributed by atoms with Crippen LogP contribution in [-0.4, -0.2) is 42.9 Å². The van der Waals surface area contributed by atoms with Gasteiger partial charge in [0.2, 0.25) is 11.8 Å². The summed E-state index contributed by atoms with van der Waals surface area (Å²) in [7, 11) is 0. The van der Waals surface area contributed by atoms with Crippen molar-refractivity contribution in [2.75, 3.05) is 28.2 Å². The van der Waals surface area contributed by atoms with Gasteiger partial charge >= 0.3 is 5.97 Å². The normalized spacial score (nSPS) is 19.0. The molecule has 0 spiro atoms. The van der Waals surface area contributed by atoms with Crippen LogP contribution in [0.15, 0.2) is 48.5 Å². The van der Waals surface area contributed by atoms with Crippen LogP contribution in [0.5, 0.6) is 0 Å². The summed E-state index contributed by atoms with van der Waals surface area (Å²) in [5.41, 5.74) is 1.10. The molecule has 0 aliphatic carbocycles. The third-order valence-electron chi connectivity index (χ3n) is 5.28. The van der Waals surface area contributed by atoms with Gasteiger partial charge in [-0.1, -0.05) is 24.3 Å². The maximum absolute atomic E-state index is 14.0. The first-order valence-corrected chi connectivity index (χ1v) is 9.81. The molecule has 1 N–H and O–H groups in total. The molecule has 8 nitrogen and oxygen atoms in total. The maximum atomic E-state index is 14.0. The van der Waals surface area contributed by atoms with Gasteiger partial charge in [-0.2, -0.15) is 0 Å². The van der Waals surface area contributed by atoms with Crippen molar-refractivity contribution in [2.45, 2.75) is 19.4 Å². The average molecular weight is 425 g/mol. The number of carbonyl (C=O) groups excluding carboxylic acids is 4. The molecule has 31 heavy (non-hydrogen) atoms. The first-order chi connectivity index (χ1) is 14.8. The largest absolute Gasteiger partial charge is 0.452 e. The summed E-state index contributed by atoms with van der Waals surface area (Å²) in [4.78, 5) is 52.2. The molecule has 0 bridgehead atoms. The predicted octanol–water partition coefficient (Wildman–Crippen LogP) is 2.10. The third kappa shape index (κ3) is 3.98. The third-order valence-corrected chi connectivity index (χ3v) is 5.28. The highest BCUT2D eigenvalue weighted by Gasteiger charge is 2.39. The van der Waals surface area contributed by atoms with Crippen LogP contribution >= 0.6 is 0 Å². The van der Waals surface area contributed by atoms with Gasteiger partial charge in [0.05, 0.1) is 23.0 Å². The molecule has 2 aliphatic heterocycles. The van der Waals surface area contributed by atoms with E-state index in [9.17, 15) is 23.6 Å². The van der Waals surface area contributed by atoms with Crippen LogP contribution in [0.2, 0.25) is 0 Å². The monoisotopic (exact) mass is 425 g/mol. The van der Waals surface area contributed by atoms with Gasteiger partial charge in [-0.25, -0.2) is 4.39 Å². The highest BCUT2D eigenvalue weighted by molar-refractivity contribution is 6.11. The van der Waals surface area contributed by atoms with Crippen molar-refractivity contribution in [3.63, 3.8) is 0 Å². The Kier molecular flexibility index (Phi) is 5.41. The Labute approximate surface area is 177 Å². The van der Waals surface area contributed by atoms with Crippen molar-refractivity contribution >= 4 is 40.8 Å². The minimum Gasteiger partial charge on any atom is -0.452 e. The Morgan fingerprint density at radius 1 is 1.10 bits per heavy atom. The van der Waals surface area contributed by atoms with Gasteiger partial charge in [0.25, 0.3) is 5.91 Å². The molecule has 0 aromatic heterocycles. The van der Waals surface area contributed by atoms with E-state index in [1.807, 2.05) is 0 Å². The molecular formula is C22H20FN3O5. The summed E-state index contributed by atoms with van der Waals surface area (Å²) in [5.74, 6) is -3.40. The summed E-state index contributed by atoms with van der Waals surface area (Å²) in [5, 5.41) is 2.68. The Balaban J connectivity index is 1.43. The lowest BCUT2D eigenvalue weighted by molar-refractivity contribution is -0.157. The fourth-order valence-electron chi connectivity index (χ4n) is 3.74. The zero-order valence-corrected chi connectivity index (χ0v) is 16.7. The molecule has 2 atom stereocenters. The minimum atomic E-state index is -1.16. The molecule has 0 saturated carbocycles. The lowest BCUT2D eigenvalue weighted by Crippen LogP contribution is -2.47. The number of halogens is 1. The molecule has 3 amide bonds. The Bertz CT molecular complexity index is 1070. The molecule has 9 heteroatoms. The number of ether oxygens (including phenoxy) is 1. The van der Waals surface area contributed by atoms with Gasteiger partial charge in [-0.15, -0.1) is 0 Å². The zero-order chi connectivity index (χ0) is 22.1. The van der Waals surface area contributed by atoms with Crippen LogP contribution in [0.1, 0.15) is 13.3 Å². The van der Waals surface area contributed by atoms with E-state index in [2.05, 4.69) is 5.32 Å². The van der Waals surface area contributed by atoms with Crippen molar-refractivity contribution in [3.8, 4) is 0 Å². The number of fused-ring (bicyclic) bond motifs is 1. The number of nitrogens with zero attached hydrogens (tertiary/aromatic N) is 2. The van der Waals surface area contributed by atoms with E-state index in [1.54, 1.807) is 30.3 Å². The van der Waals surface area contributed by atoms with Crippen molar-refractivity contribution in [1.82, 2.24) is 0 Å². The van der Waals surface area contributed by atoms with Crippen LogP contribution in [0.3, 0.4) is 0 Å². The van der Waals surface area contributed by atoms with Crippen LogP contribution < -0.4 is 15.1 Å². The van der Waals surface area contributed by atoms with Gasteiger partial charge in [-0.3, -0.25) is 24.1 Å². The van der Waals surface area contributed by atoms with E-state index in [4.69, 9.17) is 4.74 Å². The van der Waals surface area contributed by atoms with E-state index in [0.717, 1.165) is 0 Å². The zero-order valence-electron chi connectivity index (χ0n) is 16.7. The molecule has 1 fully saturated rings. The van der Waals surface area contributed by atoms with Crippen LogP contribution in [0, 0.1) is 11.7 Å². The highest BCUT2D eigenvalue weighted by Crippen LogP contribution is 2.31. The molecule has 2 aromatic carbocycles. The molecule has 1 saturated heterocycles. The number of rotatable bonds is 4. The molecule has 160 valence electrons. The van der Waals surface area contributed by atoms with Gasteiger partial charge in [0.1, 0.15) is 12.4 Å². The van der Waals surface area contributed by atoms with Crippen LogP contribution in [-0.2, 0) is 23.9 Å². The van der Waals surface area contributed by atoms with E-state index in [1.165, 1.54) is 34.9 Å². The van der Waals surface area contributed by atoms with Gasteiger partial charge in [0, 0.05) is 13.0 Å². The molecule has 0 radical (unpaired) electrons. The topological polar surface area (TPSA) is 96.0 Å². The summed E-state index contributed by atoms with van der Waals surface area (Å²) < 4.78 is 19.4. The Hall–Kier alpha value is -3.75. The number of hydrogen-bond acceptors (Lipinski definition) is 5. The minimum absolute atomic E-state index is 0.0333. The molecule has 4 rings (SSSR count). The number of benzene rings is 2. The quantitative estimate of drug-likeness (QED) is 0.757. The van der Waals surface area contributed by atoms with Crippen molar-refractivity contribution < 1.29 is 28.3 Å². The number of hydrogen-bond donors (Lipinski definition) is 1. The van der Waals surface area contributed by atoms with E-state index < -0.39 is 35.6 Å². The lowest BCUT2D eigenvalue weighted by Gasteiger charge is -2.31. The average Bonchev–Trinajstić information content (AvgIpc) is 3.14. The fraction of sp³-hybridized carbons (Fsp3) is 0.273. The fourth-order valence-corrected chi connectivity index (χ4v) is 3.74. The van der Waals surface area contributed by atoms with E-state index in [-0.39, 0.29) is 31.1 Å². The van der Waals surface area contributed by atoms with Crippen molar-refractivity contribution in [1.29, 1.82) is 0 Å². The maximum Gasteiger partial charge on any atom is 0.312 e. The van der Waals surface area contributed by atoms with Gasteiger partial charge in [-0.05, 0) is 31.2 Å². The number of carbonyl (C=O) groups is 4. The number of nitrogens with one attached hydrogen (secondary N) is 1. The molecular weight excluding hydrogens is 405 g/mol. The number of esters is 1. The lowest BCUT2D eigenvalue weighted by atomic mass is 10.1. The Morgan fingerprint density at radius 2 is 1.77 bits per heavy atom. The molecule has 2 aliphatic rings. The molecule has 0 unspecified atom stereocenters. The molecule has 2 aromatic rings. The molecule has 2 heterocycles. The second-order valence-electron chi connectivity index (χ2n) is 7.43. The predicted molar refractivity (Wildman–Crippen MR) is 110 cm³/mol. The van der Waals surface area contributed by atoms with Crippen LogP contribution in [0.4, 0.5) is 21.5 Å². The number of amides is 3.